The monoisotopic (exact) mass is 442 g/mol. The van der Waals surface area contributed by atoms with Crippen molar-refractivity contribution in [3.63, 3.8) is 0 Å². The van der Waals surface area contributed by atoms with Crippen molar-refractivity contribution < 1.29 is 9.59 Å². The van der Waals surface area contributed by atoms with Crippen molar-refractivity contribution in [3.8, 4) is 0 Å². The van der Waals surface area contributed by atoms with Crippen molar-refractivity contribution >= 4 is 38.6 Å². The maximum Gasteiger partial charge on any atom is 0.270 e. The number of halogens is 1. The van der Waals surface area contributed by atoms with E-state index in [4.69, 9.17) is 0 Å². The van der Waals surface area contributed by atoms with E-state index in [0.717, 1.165) is 42.1 Å². The maximum atomic E-state index is 12.8. The summed E-state index contributed by atoms with van der Waals surface area (Å²) >= 11 is 3.44. The molecule has 1 saturated heterocycles. The summed E-state index contributed by atoms with van der Waals surface area (Å²) in [6.45, 7) is 2.75. The Morgan fingerprint density at radius 3 is 2.82 bits per heavy atom. The van der Waals surface area contributed by atoms with Gasteiger partial charge < -0.3 is 10.2 Å². The van der Waals surface area contributed by atoms with Gasteiger partial charge in [0.15, 0.2) is 0 Å². The Balaban J connectivity index is 1.47. The molecule has 2 aromatic heterocycles. The zero-order valence-electron chi connectivity index (χ0n) is 15.8. The average Bonchev–Trinajstić information content (AvgIpc) is 2.66. The van der Waals surface area contributed by atoms with Crippen molar-refractivity contribution in [3.05, 3.63) is 46.3 Å². The van der Waals surface area contributed by atoms with Crippen molar-refractivity contribution in [1.29, 1.82) is 0 Å². The molecule has 1 aliphatic heterocycles. The van der Waals surface area contributed by atoms with Crippen molar-refractivity contribution in [1.82, 2.24) is 20.2 Å². The van der Waals surface area contributed by atoms with Crippen LogP contribution >= 0.6 is 15.9 Å². The quantitative estimate of drug-likeness (QED) is 0.736. The fraction of sp³-hybridized carbons (Fsp3) is 0.429. The van der Waals surface area contributed by atoms with Crippen LogP contribution in [-0.2, 0) is 4.79 Å². The first-order valence-corrected chi connectivity index (χ1v) is 10.5. The van der Waals surface area contributed by atoms with Crippen molar-refractivity contribution in [2.45, 2.75) is 51.1 Å². The van der Waals surface area contributed by atoms with Gasteiger partial charge in [-0.25, -0.2) is 4.98 Å². The molecule has 1 aliphatic carbocycles. The molecule has 2 amide bonds. The minimum atomic E-state index is -0.214. The summed E-state index contributed by atoms with van der Waals surface area (Å²) in [5, 5.41) is 3.96. The molecule has 2 aliphatic rings. The maximum absolute atomic E-state index is 12.8. The summed E-state index contributed by atoms with van der Waals surface area (Å²) in [5.74, 6) is -0.143. The molecule has 6 nitrogen and oxygen atoms in total. The number of hydrogen-bond donors (Lipinski definition) is 1. The van der Waals surface area contributed by atoms with Crippen LogP contribution in [0.15, 0.2) is 40.6 Å². The SMILES string of the molecule is C[C@@H]1[C@H](NC(=O)c2ccc3cncc(Br)c3n2)CCCN1C(=O)C=C1CCC1. The topological polar surface area (TPSA) is 75.2 Å². The number of nitrogens with zero attached hydrogens (tertiary/aromatic N) is 3. The number of likely N-dealkylation sites (tertiary alicyclic amines) is 1. The predicted molar refractivity (Wildman–Crippen MR) is 111 cm³/mol. The fourth-order valence-electron chi connectivity index (χ4n) is 3.81. The molecule has 28 heavy (non-hydrogen) atoms. The molecule has 0 radical (unpaired) electrons. The first-order chi connectivity index (χ1) is 13.5. The molecule has 1 saturated carbocycles. The van der Waals surface area contributed by atoms with Gasteiger partial charge in [-0.1, -0.05) is 5.57 Å². The zero-order chi connectivity index (χ0) is 19.7. The van der Waals surface area contributed by atoms with Crippen LogP contribution in [0.5, 0.6) is 0 Å². The number of allylic oxidation sites excluding steroid dienone is 1. The Bertz CT molecular complexity index is 953. The first-order valence-electron chi connectivity index (χ1n) is 9.74. The molecule has 0 unspecified atom stereocenters. The third kappa shape index (κ3) is 3.81. The summed E-state index contributed by atoms with van der Waals surface area (Å²) in [4.78, 5) is 35.9. The van der Waals surface area contributed by atoms with Crippen LogP contribution in [0, 0.1) is 0 Å². The van der Waals surface area contributed by atoms with E-state index in [0.29, 0.717) is 11.2 Å². The average molecular weight is 443 g/mol. The molecule has 1 N–H and O–H groups in total. The van der Waals surface area contributed by atoms with E-state index in [-0.39, 0.29) is 23.9 Å². The Kier molecular flexibility index (Phi) is 5.44. The zero-order valence-corrected chi connectivity index (χ0v) is 17.4. The minimum absolute atomic E-state index is 0.0430. The van der Waals surface area contributed by atoms with Gasteiger partial charge in [-0.2, -0.15) is 0 Å². The Morgan fingerprint density at radius 1 is 1.25 bits per heavy atom. The molecule has 7 heteroatoms. The summed E-state index contributed by atoms with van der Waals surface area (Å²) in [6.07, 6.45) is 10.2. The number of piperidine rings is 1. The highest BCUT2D eigenvalue weighted by atomic mass is 79.9. The molecule has 0 bridgehead atoms. The van der Waals surface area contributed by atoms with E-state index >= 15 is 0 Å². The molecule has 0 aromatic carbocycles. The first kappa shape index (κ1) is 19.1. The summed E-state index contributed by atoms with van der Waals surface area (Å²) in [5.41, 5.74) is 2.32. The molecule has 146 valence electrons. The largest absolute Gasteiger partial charge is 0.346 e. The Hall–Kier alpha value is -2.28. The van der Waals surface area contributed by atoms with Gasteiger partial charge in [0, 0.05) is 42.5 Å². The number of hydrogen-bond acceptors (Lipinski definition) is 4. The third-order valence-corrected chi connectivity index (χ3v) is 6.28. The molecule has 2 aromatic rings. The fourth-order valence-corrected chi connectivity index (χ4v) is 4.24. The van der Waals surface area contributed by atoms with E-state index in [2.05, 4.69) is 31.2 Å². The normalized spacial score (nSPS) is 21.9. The lowest BCUT2D eigenvalue weighted by molar-refractivity contribution is -0.129. The lowest BCUT2D eigenvalue weighted by Crippen LogP contribution is -2.55. The van der Waals surface area contributed by atoms with E-state index in [1.807, 2.05) is 17.9 Å². The van der Waals surface area contributed by atoms with Gasteiger partial charge in [-0.05, 0) is 67.1 Å². The lowest BCUT2D eigenvalue weighted by atomic mass is 9.91. The van der Waals surface area contributed by atoms with Crippen LogP contribution in [0.3, 0.4) is 0 Å². The number of carbonyl (C=O) groups excluding carboxylic acids is 2. The molecule has 4 rings (SSSR count). The number of fused-ring (bicyclic) bond motifs is 1. The van der Waals surface area contributed by atoms with Crippen LogP contribution in [0.2, 0.25) is 0 Å². The number of nitrogens with one attached hydrogen (secondary N) is 1. The van der Waals surface area contributed by atoms with Gasteiger partial charge in [-0.15, -0.1) is 0 Å². The number of rotatable bonds is 3. The van der Waals surface area contributed by atoms with Crippen LogP contribution in [-0.4, -0.2) is 45.3 Å². The van der Waals surface area contributed by atoms with Gasteiger partial charge in [-0.3, -0.25) is 14.6 Å². The van der Waals surface area contributed by atoms with Crippen molar-refractivity contribution in [2.75, 3.05) is 6.54 Å². The van der Waals surface area contributed by atoms with Crippen LogP contribution in [0.25, 0.3) is 10.9 Å². The van der Waals surface area contributed by atoms with Crippen LogP contribution in [0.1, 0.15) is 49.5 Å². The standard InChI is InChI=1S/C21H23BrN4O2/c1-13-17(6-3-9-26(13)19(27)10-14-4-2-5-14)25-21(28)18-8-7-15-11-23-12-16(22)20(15)24-18/h7-8,10-13,17H,2-6,9H2,1H3,(H,25,28)/t13-,17-/m1/s1. The number of pyridine rings is 2. The molecule has 2 atom stereocenters. The minimum Gasteiger partial charge on any atom is -0.346 e. The van der Waals surface area contributed by atoms with E-state index in [1.165, 1.54) is 12.0 Å². The van der Waals surface area contributed by atoms with E-state index in [1.54, 1.807) is 24.5 Å². The highest BCUT2D eigenvalue weighted by molar-refractivity contribution is 9.10. The predicted octanol–water partition coefficient (Wildman–Crippen LogP) is 3.61. The molecular weight excluding hydrogens is 420 g/mol. The number of aromatic nitrogens is 2. The van der Waals surface area contributed by atoms with Gasteiger partial charge >= 0.3 is 0 Å². The van der Waals surface area contributed by atoms with Gasteiger partial charge in [0.05, 0.1) is 9.99 Å². The van der Waals surface area contributed by atoms with Crippen LogP contribution in [0.4, 0.5) is 0 Å². The summed E-state index contributed by atoms with van der Waals surface area (Å²) < 4.78 is 0.756. The summed E-state index contributed by atoms with van der Waals surface area (Å²) in [6, 6.07) is 3.44. The third-order valence-electron chi connectivity index (χ3n) is 5.70. The second-order valence-electron chi connectivity index (χ2n) is 7.54. The molecule has 3 heterocycles. The highest BCUT2D eigenvalue weighted by Gasteiger charge is 2.32. The molecule has 2 fully saturated rings. The lowest BCUT2D eigenvalue weighted by Gasteiger charge is -2.39. The van der Waals surface area contributed by atoms with Crippen molar-refractivity contribution in [2.24, 2.45) is 0 Å². The highest BCUT2D eigenvalue weighted by Crippen LogP contribution is 2.26. The second kappa shape index (κ2) is 7.99. The van der Waals surface area contributed by atoms with E-state index < -0.39 is 0 Å². The second-order valence-corrected chi connectivity index (χ2v) is 8.39. The smallest absolute Gasteiger partial charge is 0.270 e. The number of amides is 2. The van der Waals surface area contributed by atoms with Gasteiger partial charge in [0.1, 0.15) is 5.69 Å². The Morgan fingerprint density at radius 2 is 2.07 bits per heavy atom. The summed E-state index contributed by atoms with van der Waals surface area (Å²) in [7, 11) is 0. The Labute approximate surface area is 172 Å². The number of carbonyl (C=O) groups is 2. The molecule has 0 spiro atoms. The van der Waals surface area contributed by atoms with Gasteiger partial charge in [0.25, 0.3) is 5.91 Å². The van der Waals surface area contributed by atoms with Crippen LogP contribution < -0.4 is 5.32 Å². The molecular formula is C21H23BrN4O2. The van der Waals surface area contributed by atoms with E-state index in [9.17, 15) is 9.59 Å². The van der Waals surface area contributed by atoms with Gasteiger partial charge in [0.2, 0.25) is 5.91 Å².